The summed E-state index contributed by atoms with van der Waals surface area (Å²) in [6.07, 6.45) is 0. The van der Waals surface area contributed by atoms with E-state index in [1.54, 1.807) is 0 Å². The molecule has 210 valence electrons. The number of hydrogen-bond acceptors (Lipinski definition) is 1. The van der Waals surface area contributed by atoms with Crippen molar-refractivity contribution in [2.75, 3.05) is 4.90 Å². The minimum Gasteiger partial charge on any atom is -0.310 e. The van der Waals surface area contributed by atoms with Crippen LogP contribution in [0.4, 0.5) is 17.1 Å². The van der Waals surface area contributed by atoms with E-state index >= 15 is 0 Å². The summed E-state index contributed by atoms with van der Waals surface area (Å²) in [4.78, 5) is 2.43. The highest BCUT2D eigenvalue weighted by atomic mass is 15.1. The van der Waals surface area contributed by atoms with Crippen molar-refractivity contribution in [1.29, 1.82) is 0 Å². The van der Waals surface area contributed by atoms with Crippen LogP contribution in [0, 0.1) is 0 Å². The molecule has 0 fully saturated rings. The number of anilines is 3. The summed E-state index contributed by atoms with van der Waals surface area (Å²) in [6.45, 7) is 4.78. The zero-order valence-corrected chi connectivity index (χ0v) is 25.0. The van der Waals surface area contributed by atoms with Crippen LogP contribution in [0.1, 0.15) is 25.0 Å². The third-order valence-electron chi connectivity index (χ3n) is 9.23. The average molecular weight is 564 g/mol. The molecular formula is C43H33N. The Kier molecular flexibility index (Phi) is 6.20. The van der Waals surface area contributed by atoms with Gasteiger partial charge in [0, 0.05) is 22.4 Å². The van der Waals surface area contributed by atoms with Gasteiger partial charge >= 0.3 is 0 Å². The van der Waals surface area contributed by atoms with E-state index in [2.05, 4.69) is 183 Å². The molecule has 8 rings (SSSR count). The van der Waals surface area contributed by atoms with E-state index < -0.39 is 0 Å². The van der Waals surface area contributed by atoms with Gasteiger partial charge in [0.05, 0.1) is 5.69 Å². The van der Waals surface area contributed by atoms with Crippen molar-refractivity contribution in [2.24, 2.45) is 0 Å². The Morgan fingerprint density at radius 3 is 1.70 bits per heavy atom. The summed E-state index contributed by atoms with van der Waals surface area (Å²) in [7, 11) is 0. The topological polar surface area (TPSA) is 3.24 Å². The molecule has 0 amide bonds. The molecular weight excluding hydrogens is 530 g/mol. The van der Waals surface area contributed by atoms with E-state index in [0.717, 1.165) is 11.4 Å². The molecule has 7 aromatic rings. The molecule has 0 unspecified atom stereocenters. The fraction of sp³-hybridized carbons (Fsp3) is 0.0698. The highest BCUT2D eigenvalue weighted by Gasteiger charge is 2.37. The van der Waals surface area contributed by atoms with Crippen LogP contribution in [0.15, 0.2) is 164 Å². The van der Waals surface area contributed by atoms with Gasteiger partial charge in [-0.05, 0) is 80.0 Å². The number of rotatable bonds is 5. The summed E-state index contributed by atoms with van der Waals surface area (Å²) in [5, 5.41) is 2.62. The Morgan fingerprint density at radius 2 is 1.00 bits per heavy atom. The standard InChI is InChI=1S/C43H33N/c1-43(2)38-23-12-18-33-26-29-39(41(40(33)38)37-22-13-21-36(42(37)43)32-16-8-4-9-17-32)44(34-19-10-5-11-20-34)35-27-24-31(25-28-35)30-14-6-3-7-15-30/h3-29H,1-2H3. The molecule has 0 radical (unpaired) electrons. The third-order valence-corrected chi connectivity index (χ3v) is 9.23. The fourth-order valence-electron chi connectivity index (χ4n) is 7.21. The highest BCUT2D eigenvalue weighted by molar-refractivity contribution is 6.11. The van der Waals surface area contributed by atoms with E-state index in [9.17, 15) is 0 Å². The second-order valence-electron chi connectivity index (χ2n) is 12.2. The van der Waals surface area contributed by atoms with Crippen molar-refractivity contribution in [1.82, 2.24) is 0 Å². The lowest BCUT2D eigenvalue weighted by atomic mass is 9.66. The van der Waals surface area contributed by atoms with E-state index in [0.29, 0.717) is 0 Å². The SMILES string of the molecule is CC1(C)c2c(-c3ccccc3)cccc2-c2c(N(c3ccccc3)c3ccc(-c4ccccc4)cc3)ccc3cccc1c23. The first kappa shape index (κ1) is 26.2. The molecule has 0 saturated carbocycles. The summed E-state index contributed by atoms with van der Waals surface area (Å²) < 4.78 is 0. The summed E-state index contributed by atoms with van der Waals surface area (Å²) in [6, 6.07) is 59.5. The van der Waals surface area contributed by atoms with Gasteiger partial charge in [-0.25, -0.2) is 0 Å². The van der Waals surface area contributed by atoms with Crippen molar-refractivity contribution in [2.45, 2.75) is 19.3 Å². The van der Waals surface area contributed by atoms with Gasteiger partial charge < -0.3 is 4.90 Å². The Hall–Kier alpha value is -5.40. The van der Waals surface area contributed by atoms with Crippen LogP contribution in [0.2, 0.25) is 0 Å². The lowest BCUT2D eigenvalue weighted by Crippen LogP contribution is -2.25. The first-order valence-corrected chi connectivity index (χ1v) is 15.4. The van der Waals surface area contributed by atoms with Gasteiger partial charge in [-0.1, -0.05) is 147 Å². The van der Waals surface area contributed by atoms with Gasteiger partial charge in [0.15, 0.2) is 0 Å². The van der Waals surface area contributed by atoms with Gasteiger partial charge in [-0.2, -0.15) is 0 Å². The second-order valence-corrected chi connectivity index (χ2v) is 12.2. The normalized spacial score (nSPS) is 13.0. The van der Waals surface area contributed by atoms with E-state index in [1.807, 2.05) is 0 Å². The van der Waals surface area contributed by atoms with Gasteiger partial charge in [0.25, 0.3) is 0 Å². The highest BCUT2D eigenvalue weighted by Crippen LogP contribution is 2.55. The van der Waals surface area contributed by atoms with E-state index in [4.69, 9.17) is 0 Å². The van der Waals surface area contributed by atoms with Crippen LogP contribution in [0.25, 0.3) is 44.2 Å². The maximum atomic E-state index is 2.43. The molecule has 0 heterocycles. The fourth-order valence-corrected chi connectivity index (χ4v) is 7.21. The zero-order chi connectivity index (χ0) is 29.7. The van der Waals surface area contributed by atoms with Crippen LogP contribution < -0.4 is 4.90 Å². The number of benzene rings is 7. The van der Waals surface area contributed by atoms with E-state index in [1.165, 1.54) is 61.0 Å². The molecule has 0 bridgehead atoms. The van der Waals surface area contributed by atoms with E-state index in [-0.39, 0.29) is 5.41 Å². The van der Waals surface area contributed by atoms with Crippen LogP contribution in [-0.4, -0.2) is 0 Å². The van der Waals surface area contributed by atoms with Gasteiger partial charge in [-0.15, -0.1) is 0 Å². The Balaban J connectivity index is 1.42. The van der Waals surface area contributed by atoms with Crippen LogP contribution in [0.3, 0.4) is 0 Å². The molecule has 0 aliphatic heterocycles. The first-order chi connectivity index (χ1) is 21.6. The maximum absolute atomic E-state index is 2.43. The first-order valence-electron chi connectivity index (χ1n) is 15.4. The summed E-state index contributed by atoms with van der Waals surface area (Å²) >= 11 is 0. The monoisotopic (exact) mass is 563 g/mol. The number of para-hydroxylation sites is 1. The van der Waals surface area contributed by atoms with Crippen molar-refractivity contribution in [3.8, 4) is 33.4 Å². The van der Waals surface area contributed by atoms with Gasteiger partial charge in [0.1, 0.15) is 0 Å². The van der Waals surface area contributed by atoms with Crippen LogP contribution in [-0.2, 0) is 5.41 Å². The van der Waals surface area contributed by atoms with Crippen LogP contribution in [0.5, 0.6) is 0 Å². The van der Waals surface area contributed by atoms with Crippen LogP contribution >= 0.6 is 0 Å². The summed E-state index contributed by atoms with van der Waals surface area (Å²) in [5.41, 5.74) is 13.6. The van der Waals surface area contributed by atoms with Gasteiger partial charge in [0.2, 0.25) is 0 Å². The molecule has 1 nitrogen and oxygen atoms in total. The zero-order valence-electron chi connectivity index (χ0n) is 25.0. The molecule has 0 atom stereocenters. The third kappa shape index (κ3) is 4.16. The minimum atomic E-state index is -0.179. The molecule has 0 aromatic heterocycles. The van der Waals surface area contributed by atoms with Crippen molar-refractivity contribution < 1.29 is 0 Å². The lowest BCUT2D eigenvalue weighted by Gasteiger charge is -2.39. The number of fused-ring (bicyclic) bond motifs is 2. The minimum absolute atomic E-state index is 0.179. The molecule has 1 aliphatic rings. The Labute approximate surface area is 259 Å². The quantitative estimate of drug-likeness (QED) is 0.201. The van der Waals surface area contributed by atoms with Crippen molar-refractivity contribution in [3.63, 3.8) is 0 Å². The molecule has 1 aliphatic carbocycles. The molecule has 0 spiro atoms. The Bertz CT molecular complexity index is 2110. The van der Waals surface area contributed by atoms with Crippen molar-refractivity contribution in [3.05, 3.63) is 175 Å². The largest absolute Gasteiger partial charge is 0.310 e. The maximum Gasteiger partial charge on any atom is 0.0546 e. The predicted octanol–water partition coefficient (Wildman–Crippen LogP) is 11.9. The predicted molar refractivity (Wildman–Crippen MR) is 187 cm³/mol. The van der Waals surface area contributed by atoms with Gasteiger partial charge in [-0.3, -0.25) is 0 Å². The smallest absolute Gasteiger partial charge is 0.0546 e. The average Bonchev–Trinajstić information content (AvgIpc) is 3.09. The summed E-state index contributed by atoms with van der Waals surface area (Å²) in [5.74, 6) is 0. The lowest BCUT2D eigenvalue weighted by molar-refractivity contribution is 0.647. The molecule has 7 aromatic carbocycles. The molecule has 44 heavy (non-hydrogen) atoms. The van der Waals surface area contributed by atoms with Crippen molar-refractivity contribution >= 4 is 27.8 Å². The number of nitrogens with zero attached hydrogens (tertiary/aromatic N) is 1. The molecule has 1 heteroatoms. The Morgan fingerprint density at radius 1 is 0.432 bits per heavy atom. The molecule has 0 saturated heterocycles. The second kappa shape index (κ2) is 10.4. The molecule has 0 N–H and O–H groups in total. The number of hydrogen-bond donors (Lipinski definition) is 0.